The van der Waals surface area contributed by atoms with Gasteiger partial charge < -0.3 is 5.32 Å². The molecule has 1 saturated carbocycles. The molecule has 0 aliphatic heterocycles. The van der Waals surface area contributed by atoms with Gasteiger partial charge in [0.25, 0.3) is 0 Å². The van der Waals surface area contributed by atoms with Gasteiger partial charge in [0.1, 0.15) is 0 Å². The minimum absolute atomic E-state index is 0.730. The Morgan fingerprint density at radius 1 is 1.41 bits per heavy atom. The molecule has 1 fully saturated rings. The zero-order valence-corrected chi connectivity index (χ0v) is 14.1. The molecule has 0 aromatic carbocycles. The zero-order valence-electron chi connectivity index (χ0n) is 10.1. The molecule has 1 aliphatic rings. The van der Waals surface area contributed by atoms with Crippen LogP contribution in [0.5, 0.6) is 0 Å². The first-order valence-corrected chi connectivity index (χ1v) is 8.76. The first-order valence-electron chi connectivity index (χ1n) is 6.36. The first kappa shape index (κ1) is 14.0. The molecule has 1 aromatic rings. The summed E-state index contributed by atoms with van der Waals surface area (Å²) in [6.45, 7) is 3.33. The van der Waals surface area contributed by atoms with Gasteiger partial charge in [-0.3, -0.25) is 0 Å². The Hall–Kier alpha value is 0.620. The molecule has 17 heavy (non-hydrogen) atoms. The van der Waals surface area contributed by atoms with Crippen molar-refractivity contribution in [3.63, 3.8) is 0 Å². The molecular formula is C13H19Br2NS. The van der Waals surface area contributed by atoms with Gasteiger partial charge in [0.05, 0.1) is 3.79 Å². The summed E-state index contributed by atoms with van der Waals surface area (Å²) in [5.74, 6) is 0.947. The summed E-state index contributed by atoms with van der Waals surface area (Å²) in [5, 5.41) is 3.71. The third kappa shape index (κ3) is 4.05. The molecule has 0 saturated heterocycles. The standard InChI is InChI=1S/C13H19Br2NS/c1-2-9-4-3-5-10(6-9)16-8-11-7-12(14)13(15)17-11/h7,9-10,16H,2-6,8H2,1H3. The van der Waals surface area contributed by atoms with Crippen LogP contribution in [0, 0.1) is 5.92 Å². The second-order valence-corrected chi connectivity index (χ2v) is 8.16. The van der Waals surface area contributed by atoms with Gasteiger partial charge in [0.15, 0.2) is 0 Å². The van der Waals surface area contributed by atoms with E-state index < -0.39 is 0 Å². The summed E-state index contributed by atoms with van der Waals surface area (Å²) >= 11 is 8.90. The normalized spacial score (nSPS) is 25.1. The maximum absolute atomic E-state index is 3.71. The van der Waals surface area contributed by atoms with E-state index in [9.17, 15) is 0 Å². The van der Waals surface area contributed by atoms with Gasteiger partial charge in [-0.1, -0.05) is 26.2 Å². The number of rotatable bonds is 4. The molecule has 1 nitrogen and oxygen atoms in total. The largest absolute Gasteiger partial charge is 0.309 e. The second kappa shape index (κ2) is 6.69. The lowest BCUT2D eigenvalue weighted by Crippen LogP contribution is -2.33. The zero-order chi connectivity index (χ0) is 12.3. The molecule has 1 heterocycles. The average molecular weight is 381 g/mol. The quantitative estimate of drug-likeness (QED) is 0.743. The molecule has 2 unspecified atom stereocenters. The van der Waals surface area contributed by atoms with Crippen molar-refractivity contribution in [2.24, 2.45) is 5.92 Å². The van der Waals surface area contributed by atoms with E-state index in [1.807, 2.05) is 11.3 Å². The first-order chi connectivity index (χ1) is 8.19. The summed E-state index contributed by atoms with van der Waals surface area (Å²) in [5.41, 5.74) is 0. The summed E-state index contributed by atoms with van der Waals surface area (Å²) < 4.78 is 2.37. The van der Waals surface area contributed by atoms with E-state index in [-0.39, 0.29) is 0 Å². The van der Waals surface area contributed by atoms with Crippen molar-refractivity contribution in [2.45, 2.75) is 51.6 Å². The van der Waals surface area contributed by atoms with Crippen LogP contribution in [0.1, 0.15) is 43.9 Å². The topological polar surface area (TPSA) is 12.0 Å². The van der Waals surface area contributed by atoms with Crippen LogP contribution in [0.3, 0.4) is 0 Å². The number of hydrogen-bond acceptors (Lipinski definition) is 2. The van der Waals surface area contributed by atoms with Crippen LogP contribution in [-0.2, 0) is 6.54 Å². The molecule has 4 heteroatoms. The lowest BCUT2D eigenvalue weighted by molar-refractivity contribution is 0.279. The summed E-state index contributed by atoms with van der Waals surface area (Å²) in [4.78, 5) is 1.40. The third-order valence-corrected chi connectivity index (χ3v) is 6.88. The van der Waals surface area contributed by atoms with E-state index >= 15 is 0 Å². The summed E-state index contributed by atoms with van der Waals surface area (Å²) in [7, 11) is 0. The predicted octanol–water partition coefficient (Wildman–Crippen LogP) is 5.33. The monoisotopic (exact) mass is 379 g/mol. The maximum atomic E-state index is 3.71. The summed E-state index contributed by atoms with van der Waals surface area (Å²) in [6, 6.07) is 2.94. The molecular weight excluding hydrogens is 362 g/mol. The number of thiophene rings is 1. The van der Waals surface area contributed by atoms with Crippen LogP contribution < -0.4 is 5.32 Å². The smallest absolute Gasteiger partial charge is 0.0843 e. The lowest BCUT2D eigenvalue weighted by atomic mass is 9.84. The Morgan fingerprint density at radius 2 is 2.24 bits per heavy atom. The highest BCUT2D eigenvalue weighted by Gasteiger charge is 2.20. The van der Waals surface area contributed by atoms with Crippen molar-refractivity contribution in [3.05, 3.63) is 19.2 Å². The number of hydrogen-bond donors (Lipinski definition) is 1. The average Bonchev–Trinajstić information content (AvgIpc) is 2.67. The maximum Gasteiger partial charge on any atom is 0.0843 e. The van der Waals surface area contributed by atoms with Gasteiger partial charge >= 0.3 is 0 Å². The molecule has 0 amide bonds. The van der Waals surface area contributed by atoms with E-state index in [4.69, 9.17) is 0 Å². The van der Waals surface area contributed by atoms with Crippen molar-refractivity contribution in [3.8, 4) is 0 Å². The molecule has 1 N–H and O–H groups in total. The molecule has 2 rings (SSSR count). The highest BCUT2D eigenvalue weighted by atomic mass is 79.9. The van der Waals surface area contributed by atoms with Crippen molar-refractivity contribution in [1.82, 2.24) is 5.32 Å². The van der Waals surface area contributed by atoms with Crippen molar-refractivity contribution >= 4 is 43.2 Å². The second-order valence-electron chi connectivity index (χ2n) is 4.85. The van der Waals surface area contributed by atoms with E-state index in [1.165, 1.54) is 45.2 Å². The van der Waals surface area contributed by atoms with Gasteiger partial charge in [-0.15, -0.1) is 11.3 Å². The van der Waals surface area contributed by atoms with E-state index in [1.54, 1.807) is 0 Å². The van der Waals surface area contributed by atoms with Crippen molar-refractivity contribution in [2.75, 3.05) is 0 Å². The van der Waals surface area contributed by atoms with Crippen molar-refractivity contribution < 1.29 is 0 Å². The van der Waals surface area contributed by atoms with Gasteiger partial charge in [-0.05, 0) is 56.7 Å². The SMILES string of the molecule is CCC1CCCC(NCc2cc(Br)c(Br)s2)C1. The summed E-state index contributed by atoms with van der Waals surface area (Å²) in [6.07, 6.45) is 6.89. The van der Waals surface area contributed by atoms with Crippen LogP contribution in [0.15, 0.2) is 14.3 Å². The van der Waals surface area contributed by atoms with Gasteiger partial charge in [-0.25, -0.2) is 0 Å². The molecule has 0 spiro atoms. The molecule has 1 aromatic heterocycles. The third-order valence-electron chi connectivity index (χ3n) is 3.62. The van der Waals surface area contributed by atoms with Crippen LogP contribution in [-0.4, -0.2) is 6.04 Å². The fourth-order valence-corrected chi connectivity index (χ4v) is 4.70. The van der Waals surface area contributed by atoms with E-state index in [0.29, 0.717) is 0 Å². The van der Waals surface area contributed by atoms with E-state index in [2.05, 4.69) is 50.2 Å². The molecule has 1 aliphatic carbocycles. The molecule has 2 atom stereocenters. The molecule has 0 radical (unpaired) electrons. The fraction of sp³-hybridized carbons (Fsp3) is 0.692. The van der Waals surface area contributed by atoms with Crippen LogP contribution in [0.2, 0.25) is 0 Å². The predicted molar refractivity (Wildman–Crippen MR) is 82.6 cm³/mol. The van der Waals surface area contributed by atoms with Crippen molar-refractivity contribution in [1.29, 1.82) is 0 Å². The van der Waals surface area contributed by atoms with Crippen LogP contribution in [0.4, 0.5) is 0 Å². The Labute approximate surface area is 125 Å². The highest BCUT2D eigenvalue weighted by Crippen LogP contribution is 2.33. The van der Waals surface area contributed by atoms with Crippen LogP contribution in [0.25, 0.3) is 0 Å². The van der Waals surface area contributed by atoms with Crippen LogP contribution >= 0.6 is 43.2 Å². The number of nitrogens with one attached hydrogen (secondary N) is 1. The fourth-order valence-electron chi connectivity index (χ4n) is 2.57. The lowest BCUT2D eigenvalue weighted by Gasteiger charge is -2.29. The minimum Gasteiger partial charge on any atom is -0.309 e. The number of halogens is 2. The van der Waals surface area contributed by atoms with Gasteiger partial charge in [-0.2, -0.15) is 0 Å². The van der Waals surface area contributed by atoms with Gasteiger partial charge in [0, 0.05) is 21.9 Å². The molecule has 96 valence electrons. The minimum atomic E-state index is 0.730. The Bertz CT molecular complexity index is 345. The Kier molecular flexibility index (Phi) is 5.52. The van der Waals surface area contributed by atoms with E-state index in [0.717, 1.165) is 18.5 Å². The molecule has 0 bridgehead atoms. The Balaban J connectivity index is 1.81. The highest BCUT2D eigenvalue weighted by molar-refractivity contribution is 9.13. The Morgan fingerprint density at radius 3 is 2.88 bits per heavy atom. The van der Waals surface area contributed by atoms with Gasteiger partial charge in [0.2, 0.25) is 0 Å².